The number of nitrogens with zero attached hydrogens (tertiary/aromatic N) is 4. The molecule has 1 aliphatic carbocycles. The van der Waals surface area contributed by atoms with Crippen LogP contribution in [0.25, 0.3) is 22.8 Å². The second-order valence-electron chi connectivity index (χ2n) is 6.79. The summed E-state index contributed by atoms with van der Waals surface area (Å²) in [5, 5.41) is 7.04. The van der Waals surface area contributed by atoms with E-state index in [-0.39, 0.29) is 18.9 Å². The first-order chi connectivity index (χ1) is 13.5. The van der Waals surface area contributed by atoms with E-state index in [0.29, 0.717) is 41.6 Å². The molecule has 0 atom stereocenters. The lowest BCUT2D eigenvalue weighted by molar-refractivity contribution is -0.182. The molecule has 0 aliphatic heterocycles. The highest BCUT2D eigenvalue weighted by Crippen LogP contribution is 2.38. The maximum absolute atomic E-state index is 12.8. The summed E-state index contributed by atoms with van der Waals surface area (Å²) in [6.07, 6.45) is 0.113. The summed E-state index contributed by atoms with van der Waals surface area (Å²) < 4.78 is 43.3. The minimum atomic E-state index is -4.11. The summed E-state index contributed by atoms with van der Waals surface area (Å²) in [5.41, 5.74) is 2.54. The molecule has 3 heterocycles. The van der Waals surface area contributed by atoms with Crippen LogP contribution in [-0.4, -0.2) is 32.3 Å². The lowest BCUT2D eigenvalue weighted by Gasteiger charge is -2.30. The molecule has 3 aromatic heterocycles. The smallest absolute Gasteiger partial charge is 0.364 e. The lowest BCUT2D eigenvalue weighted by Crippen LogP contribution is -2.33. The average Bonchev–Trinajstić information content (AvgIpc) is 3.23. The third-order valence-corrected chi connectivity index (χ3v) is 4.89. The maximum atomic E-state index is 12.8. The predicted molar refractivity (Wildman–Crippen MR) is 96.2 cm³/mol. The molecular formula is C19H18F3N5O. The van der Waals surface area contributed by atoms with Crippen LogP contribution in [0.1, 0.15) is 25.7 Å². The number of aromatic nitrogens is 4. The standard InChI is InChI=1S/C19H18F3N5O/c20-19(21,22)12-4-6-13(7-5-12)24-18-23-10-8-16(26-18)14-2-1-3-15(25-14)17-9-11-28-27-17/h1-3,8-13H,4-7H2,(H,23,24,26). The molecule has 4 rings (SSSR count). The zero-order valence-electron chi connectivity index (χ0n) is 14.9. The molecule has 3 aromatic rings. The Hall–Kier alpha value is -2.97. The van der Waals surface area contributed by atoms with Gasteiger partial charge in [0.05, 0.1) is 23.0 Å². The molecule has 1 fully saturated rings. The fraction of sp³-hybridized carbons (Fsp3) is 0.368. The highest BCUT2D eigenvalue weighted by atomic mass is 19.4. The summed E-state index contributed by atoms with van der Waals surface area (Å²) in [5.74, 6) is -0.817. The Labute approximate surface area is 159 Å². The normalized spacial score (nSPS) is 20.1. The topological polar surface area (TPSA) is 76.7 Å². The Morgan fingerprint density at radius 2 is 1.61 bits per heavy atom. The van der Waals surface area contributed by atoms with Gasteiger partial charge in [0.1, 0.15) is 12.0 Å². The molecule has 0 spiro atoms. The molecule has 0 aromatic carbocycles. The van der Waals surface area contributed by atoms with Crippen molar-refractivity contribution in [1.29, 1.82) is 0 Å². The van der Waals surface area contributed by atoms with Gasteiger partial charge in [-0.2, -0.15) is 13.2 Å². The van der Waals surface area contributed by atoms with E-state index in [1.807, 2.05) is 18.2 Å². The van der Waals surface area contributed by atoms with E-state index in [4.69, 9.17) is 4.52 Å². The molecule has 9 heteroatoms. The molecule has 0 bridgehead atoms. The molecule has 0 unspecified atom stereocenters. The SMILES string of the molecule is FC(F)(F)C1CCC(Nc2nccc(-c3cccc(-c4ccon4)n3)n2)CC1. The summed E-state index contributed by atoms with van der Waals surface area (Å²) in [6.45, 7) is 0. The van der Waals surface area contributed by atoms with Gasteiger partial charge in [0.15, 0.2) is 0 Å². The van der Waals surface area contributed by atoms with Crippen molar-refractivity contribution < 1.29 is 17.7 Å². The number of alkyl halides is 3. The number of pyridine rings is 1. The zero-order valence-corrected chi connectivity index (χ0v) is 14.9. The number of rotatable bonds is 4. The van der Waals surface area contributed by atoms with Crippen LogP contribution in [0.4, 0.5) is 19.1 Å². The summed E-state index contributed by atoms with van der Waals surface area (Å²) in [7, 11) is 0. The van der Waals surface area contributed by atoms with Crippen LogP contribution in [0.3, 0.4) is 0 Å². The van der Waals surface area contributed by atoms with E-state index >= 15 is 0 Å². The molecule has 1 aliphatic rings. The second-order valence-corrected chi connectivity index (χ2v) is 6.79. The van der Waals surface area contributed by atoms with Crippen LogP contribution in [0.2, 0.25) is 0 Å². The van der Waals surface area contributed by atoms with Crippen molar-refractivity contribution in [2.75, 3.05) is 5.32 Å². The summed E-state index contributed by atoms with van der Waals surface area (Å²) in [6, 6.07) is 8.88. The predicted octanol–water partition coefficient (Wildman–Crippen LogP) is 4.73. The van der Waals surface area contributed by atoms with Crippen molar-refractivity contribution in [3.05, 3.63) is 42.8 Å². The Morgan fingerprint density at radius 1 is 0.893 bits per heavy atom. The summed E-state index contributed by atoms with van der Waals surface area (Å²) >= 11 is 0. The molecule has 0 radical (unpaired) electrons. The molecule has 0 saturated heterocycles. The molecule has 6 nitrogen and oxygen atoms in total. The first-order valence-electron chi connectivity index (χ1n) is 9.03. The van der Waals surface area contributed by atoms with Crippen molar-refractivity contribution in [2.24, 2.45) is 5.92 Å². The minimum absolute atomic E-state index is 0.0664. The van der Waals surface area contributed by atoms with Gasteiger partial charge in [-0.25, -0.2) is 15.0 Å². The fourth-order valence-corrected chi connectivity index (χ4v) is 3.38. The van der Waals surface area contributed by atoms with E-state index in [1.165, 1.54) is 6.26 Å². The monoisotopic (exact) mass is 389 g/mol. The van der Waals surface area contributed by atoms with Gasteiger partial charge in [0.2, 0.25) is 5.95 Å². The number of hydrogen-bond donors (Lipinski definition) is 1. The van der Waals surface area contributed by atoms with Crippen molar-refractivity contribution in [1.82, 2.24) is 20.1 Å². The van der Waals surface area contributed by atoms with Gasteiger partial charge < -0.3 is 9.84 Å². The van der Waals surface area contributed by atoms with E-state index < -0.39 is 12.1 Å². The van der Waals surface area contributed by atoms with Gasteiger partial charge >= 0.3 is 6.18 Å². The number of anilines is 1. The van der Waals surface area contributed by atoms with Crippen molar-refractivity contribution >= 4 is 5.95 Å². The van der Waals surface area contributed by atoms with E-state index in [2.05, 4.69) is 25.4 Å². The fourth-order valence-electron chi connectivity index (χ4n) is 3.38. The number of halogens is 3. The van der Waals surface area contributed by atoms with Crippen LogP contribution < -0.4 is 5.32 Å². The van der Waals surface area contributed by atoms with Gasteiger partial charge in [-0.05, 0) is 43.9 Å². The quantitative estimate of drug-likeness (QED) is 0.695. The first kappa shape index (κ1) is 18.4. The summed E-state index contributed by atoms with van der Waals surface area (Å²) in [4.78, 5) is 13.2. The molecule has 28 heavy (non-hydrogen) atoms. The highest BCUT2D eigenvalue weighted by Gasteiger charge is 2.41. The third-order valence-electron chi connectivity index (χ3n) is 4.89. The van der Waals surface area contributed by atoms with Crippen molar-refractivity contribution in [2.45, 2.75) is 37.9 Å². The Bertz CT molecular complexity index is 921. The van der Waals surface area contributed by atoms with Crippen LogP contribution in [0.15, 0.2) is 47.3 Å². The van der Waals surface area contributed by atoms with Crippen molar-refractivity contribution in [3.8, 4) is 22.8 Å². The second kappa shape index (κ2) is 7.57. The third kappa shape index (κ3) is 4.13. The van der Waals surface area contributed by atoms with Gasteiger partial charge in [0, 0.05) is 18.3 Å². The van der Waals surface area contributed by atoms with Gasteiger partial charge in [0.25, 0.3) is 0 Å². The average molecular weight is 389 g/mol. The number of hydrogen-bond acceptors (Lipinski definition) is 6. The van der Waals surface area contributed by atoms with Crippen LogP contribution >= 0.6 is 0 Å². The molecule has 1 N–H and O–H groups in total. The first-order valence-corrected chi connectivity index (χ1v) is 9.03. The van der Waals surface area contributed by atoms with Crippen molar-refractivity contribution in [3.63, 3.8) is 0 Å². The molecule has 146 valence electrons. The molecule has 1 saturated carbocycles. The number of nitrogens with one attached hydrogen (secondary N) is 1. The van der Waals surface area contributed by atoms with Crippen LogP contribution in [0, 0.1) is 5.92 Å². The highest BCUT2D eigenvalue weighted by molar-refractivity contribution is 5.61. The van der Waals surface area contributed by atoms with Gasteiger partial charge in [-0.3, -0.25) is 0 Å². The lowest BCUT2D eigenvalue weighted by atomic mass is 9.86. The largest absolute Gasteiger partial charge is 0.391 e. The van der Waals surface area contributed by atoms with E-state index in [1.54, 1.807) is 18.3 Å². The van der Waals surface area contributed by atoms with Crippen LogP contribution in [0.5, 0.6) is 0 Å². The van der Waals surface area contributed by atoms with E-state index in [9.17, 15) is 13.2 Å². The molecular weight excluding hydrogens is 371 g/mol. The zero-order chi connectivity index (χ0) is 19.6. The maximum Gasteiger partial charge on any atom is 0.391 e. The van der Waals surface area contributed by atoms with Gasteiger partial charge in [-0.1, -0.05) is 11.2 Å². The Morgan fingerprint density at radius 3 is 2.29 bits per heavy atom. The van der Waals surface area contributed by atoms with Crippen LogP contribution in [-0.2, 0) is 0 Å². The van der Waals surface area contributed by atoms with Gasteiger partial charge in [-0.15, -0.1) is 0 Å². The van der Waals surface area contributed by atoms with E-state index in [0.717, 1.165) is 0 Å². The molecule has 0 amide bonds. The minimum Gasteiger partial charge on any atom is -0.364 e. The Kier molecular flexibility index (Phi) is 4.97. The Balaban J connectivity index is 1.46.